The zero-order valence-electron chi connectivity index (χ0n) is 13.2. The number of hydrogen-bond donors (Lipinski definition) is 0. The molecule has 0 aliphatic carbocycles. The molecule has 4 rings (SSSR count). The quantitative estimate of drug-likeness (QED) is 0.740. The SMILES string of the molecule is Cc1ccc(CN2CCC[C@@H]2c2cccc(-n3ccnc3)n2)o1. The van der Waals surface area contributed by atoms with Crippen LogP contribution >= 0.6 is 0 Å². The summed E-state index contributed by atoms with van der Waals surface area (Å²) in [6.07, 6.45) is 7.81. The number of imidazole rings is 1. The van der Waals surface area contributed by atoms with Gasteiger partial charge in [-0.2, -0.15) is 0 Å². The summed E-state index contributed by atoms with van der Waals surface area (Å²) in [5, 5.41) is 0. The van der Waals surface area contributed by atoms with E-state index in [9.17, 15) is 0 Å². The van der Waals surface area contributed by atoms with Gasteiger partial charge in [-0.3, -0.25) is 9.47 Å². The highest BCUT2D eigenvalue weighted by Gasteiger charge is 2.28. The van der Waals surface area contributed by atoms with Gasteiger partial charge in [-0.1, -0.05) is 6.07 Å². The molecule has 3 aromatic rings. The summed E-state index contributed by atoms with van der Waals surface area (Å²) in [6.45, 7) is 3.91. The van der Waals surface area contributed by atoms with E-state index in [1.807, 2.05) is 29.8 Å². The van der Waals surface area contributed by atoms with Gasteiger partial charge in [0.1, 0.15) is 23.7 Å². The Labute approximate surface area is 135 Å². The molecule has 1 atom stereocenters. The molecular formula is C18H20N4O. The number of rotatable bonds is 4. The van der Waals surface area contributed by atoms with Crippen LogP contribution in [-0.4, -0.2) is 26.0 Å². The predicted octanol–water partition coefficient (Wildman–Crippen LogP) is 3.51. The van der Waals surface area contributed by atoms with Crippen molar-refractivity contribution in [2.75, 3.05) is 6.54 Å². The van der Waals surface area contributed by atoms with Gasteiger partial charge in [0.05, 0.1) is 18.3 Å². The van der Waals surface area contributed by atoms with Crippen LogP contribution in [0.4, 0.5) is 0 Å². The molecule has 0 radical (unpaired) electrons. The van der Waals surface area contributed by atoms with Crippen molar-refractivity contribution in [3.63, 3.8) is 0 Å². The Morgan fingerprint density at radius 2 is 2.22 bits per heavy atom. The van der Waals surface area contributed by atoms with E-state index in [1.165, 1.54) is 6.42 Å². The van der Waals surface area contributed by atoms with Gasteiger partial charge in [0.15, 0.2) is 0 Å². The molecule has 0 spiro atoms. The third-order valence-corrected chi connectivity index (χ3v) is 4.38. The van der Waals surface area contributed by atoms with E-state index in [2.05, 4.69) is 28.1 Å². The van der Waals surface area contributed by atoms with E-state index in [1.54, 1.807) is 12.5 Å². The van der Waals surface area contributed by atoms with E-state index in [-0.39, 0.29) is 0 Å². The maximum Gasteiger partial charge on any atom is 0.138 e. The molecule has 3 aromatic heterocycles. The molecule has 0 N–H and O–H groups in total. The highest BCUT2D eigenvalue weighted by molar-refractivity contribution is 5.26. The Morgan fingerprint density at radius 3 is 3.00 bits per heavy atom. The van der Waals surface area contributed by atoms with Crippen molar-refractivity contribution in [1.29, 1.82) is 0 Å². The lowest BCUT2D eigenvalue weighted by Crippen LogP contribution is -2.23. The van der Waals surface area contributed by atoms with Crippen LogP contribution in [0.2, 0.25) is 0 Å². The third-order valence-electron chi connectivity index (χ3n) is 4.38. The molecular weight excluding hydrogens is 288 g/mol. The summed E-state index contributed by atoms with van der Waals surface area (Å²) >= 11 is 0. The second-order valence-electron chi connectivity index (χ2n) is 6.03. The molecule has 0 amide bonds. The van der Waals surface area contributed by atoms with Gasteiger partial charge >= 0.3 is 0 Å². The summed E-state index contributed by atoms with van der Waals surface area (Å²) in [5.41, 5.74) is 1.12. The summed E-state index contributed by atoms with van der Waals surface area (Å²) in [5.74, 6) is 2.91. The lowest BCUT2D eigenvalue weighted by atomic mass is 10.1. The molecule has 0 saturated carbocycles. The third kappa shape index (κ3) is 2.92. The Hall–Kier alpha value is -2.40. The van der Waals surface area contributed by atoms with Crippen molar-refractivity contribution in [2.45, 2.75) is 32.4 Å². The standard InChI is InChI=1S/C18H20N4O/c1-14-7-8-15(23-14)12-21-10-3-5-17(21)16-4-2-6-18(20-16)22-11-9-19-13-22/h2,4,6-9,11,13,17H,3,5,10,12H2,1H3/t17-/m1/s1. The minimum atomic E-state index is 0.351. The number of hydrogen-bond acceptors (Lipinski definition) is 4. The van der Waals surface area contributed by atoms with Crippen LogP contribution in [0.15, 0.2) is 53.5 Å². The van der Waals surface area contributed by atoms with Crippen molar-refractivity contribution < 1.29 is 4.42 Å². The highest BCUT2D eigenvalue weighted by Crippen LogP contribution is 2.32. The van der Waals surface area contributed by atoms with Crippen LogP contribution in [0.1, 0.15) is 36.1 Å². The molecule has 118 valence electrons. The number of likely N-dealkylation sites (tertiary alicyclic amines) is 1. The lowest BCUT2D eigenvalue weighted by Gasteiger charge is -2.23. The average Bonchev–Trinajstić information content (AvgIpc) is 3.30. The Kier molecular flexibility index (Phi) is 3.71. The number of pyridine rings is 1. The molecule has 0 bridgehead atoms. The van der Waals surface area contributed by atoms with Crippen molar-refractivity contribution in [1.82, 2.24) is 19.4 Å². The van der Waals surface area contributed by atoms with E-state index in [4.69, 9.17) is 9.40 Å². The number of nitrogens with zero attached hydrogens (tertiary/aromatic N) is 4. The van der Waals surface area contributed by atoms with Crippen LogP contribution in [-0.2, 0) is 6.54 Å². The molecule has 1 aliphatic heterocycles. The minimum Gasteiger partial charge on any atom is -0.465 e. The first kappa shape index (κ1) is 14.2. The van der Waals surface area contributed by atoms with Gasteiger partial charge in [-0.25, -0.2) is 9.97 Å². The molecule has 1 aliphatic rings. The molecule has 1 fully saturated rings. The Morgan fingerprint density at radius 1 is 1.26 bits per heavy atom. The summed E-state index contributed by atoms with van der Waals surface area (Å²) in [4.78, 5) is 11.4. The van der Waals surface area contributed by atoms with Crippen LogP contribution in [0.5, 0.6) is 0 Å². The van der Waals surface area contributed by atoms with Crippen molar-refractivity contribution in [3.05, 3.63) is 66.3 Å². The molecule has 0 aromatic carbocycles. The fraction of sp³-hybridized carbons (Fsp3) is 0.333. The molecule has 5 nitrogen and oxygen atoms in total. The second-order valence-corrected chi connectivity index (χ2v) is 6.03. The van der Waals surface area contributed by atoms with Crippen molar-refractivity contribution in [2.24, 2.45) is 0 Å². The van der Waals surface area contributed by atoms with Crippen LogP contribution in [0, 0.1) is 6.92 Å². The topological polar surface area (TPSA) is 47.1 Å². The number of aryl methyl sites for hydroxylation is 1. The first-order valence-corrected chi connectivity index (χ1v) is 8.04. The zero-order valence-corrected chi connectivity index (χ0v) is 13.2. The maximum absolute atomic E-state index is 5.74. The van der Waals surface area contributed by atoms with Gasteiger partial charge in [-0.05, 0) is 50.6 Å². The normalized spacial score (nSPS) is 18.6. The first-order valence-electron chi connectivity index (χ1n) is 8.04. The van der Waals surface area contributed by atoms with Crippen molar-refractivity contribution >= 4 is 0 Å². The summed E-state index contributed by atoms with van der Waals surface area (Å²) < 4.78 is 7.68. The van der Waals surface area contributed by atoms with Crippen LogP contribution < -0.4 is 0 Å². The average molecular weight is 308 g/mol. The monoisotopic (exact) mass is 308 g/mol. The Bertz CT molecular complexity index is 778. The van der Waals surface area contributed by atoms with Gasteiger partial charge in [0.2, 0.25) is 0 Å². The fourth-order valence-electron chi connectivity index (χ4n) is 3.28. The van der Waals surface area contributed by atoms with E-state index < -0.39 is 0 Å². The van der Waals surface area contributed by atoms with Gasteiger partial charge in [-0.15, -0.1) is 0 Å². The largest absolute Gasteiger partial charge is 0.465 e. The molecule has 4 heterocycles. The van der Waals surface area contributed by atoms with Crippen LogP contribution in [0.25, 0.3) is 5.82 Å². The molecule has 23 heavy (non-hydrogen) atoms. The summed E-state index contributed by atoms with van der Waals surface area (Å²) in [6, 6.07) is 10.7. The van der Waals surface area contributed by atoms with E-state index in [0.29, 0.717) is 6.04 Å². The molecule has 0 unspecified atom stereocenters. The number of aromatic nitrogens is 3. The molecule has 1 saturated heterocycles. The lowest BCUT2D eigenvalue weighted by molar-refractivity contribution is 0.223. The smallest absolute Gasteiger partial charge is 0.138 e. The highest BCUT2D eigenvalue weighted by atomic mass is 16.3. The molecule has 5 heteroatoms. The fourth-order valence-corrected chi connectivity index (χ4v) is 3.28. The van der Waals surface area contributed by atoms with Gasteiger partial charge in [0, 0.05) is 12.4 Å². The number of furan rings is 1. The van der Waals surface area contributed by atoms with E-state index >= 15 is 0 Å². The van der Waals surface area contributed by atoms with Gasteiger partial charge < -0.3 is 4.42 Å². The first-order chi connectivity index (χ1) is 11.3. The predicted molar refractivity (Wildman–Crippen MR) is 87.2 cm³/mol. The van der Waals surface area contributed by atoms with Gasteiger partial charge in [0.25, 0.3) is 0 Å². The van der Waals surface area contributed by atoms with Crippen molar-refractivity contribution in [3.8, 4) is 5.82 Å². The van der Waals surface area contributed by atoms with Crippen LogP contribution in [0.3, 0.4) is 0 Å². The Balaban J connectivity index is 1.57. The second kappa shape index (κ2) is 6.01. The van der Waals surface area contributed by atoms with E-state index in [0.717, 1.165) is 42.5 Å². The maximum atomic E-state index is 5.74. The minimum absolute atomic E-state index is 0.351. The summed E-state index contributed by atoms with van der Waals surface area (Å²) in [7, 11) is 0. The zero-order chi connectivity index (χ0) is 15.6.